The number of fused-ring (bicyclic) bond motifs is 1. The molecule has 0 spiro atoms. The second-order valence-electron chi connectivity index (χ2n) is 6.32. The Morgan fingerprint density at radius 3 is 1.96 bits per heavy atom. The zero-order chi connectivity index (χ0) is 19.1. The molecule has 0 saturated carbocycles. The fraction of sp³-hybridized carbons (Fsp3) is 0.500. The molecule has 26 heavy (non-hydrogen) atoms. The average molecular weight is 357 g/mol. The van der Waals surface area contributed by atoms with Gasteiger partial charge in [0.05, 0.1) is 13.5 Å². The Bertz CT molecular complexity index is 751. The quantitative estimate of drug-likeness (QED) is 0.485. The number of ether oxygens (including phenoxy) is 2. The number of hydrogen-bond acceptors (Lipinski definition) is 4. The van der Waals surface area contributed by atoms with Gasteiger partial charge in [-0.2, -0.15) is 0 Å². The Hall–Kier alpha value is -2.07. The largest absolute Gasteiger partial charge is 0.496 e. The minimum absolute atomic E-state index is 0.177. The van der Waals surface area contributed by atoms with E-state index in [1.807, 2.05) is 24.3 Å². The molecule has 0 aliphatic carbocycles. The van der Waals surface area contributed by atoms with Gasteiger partial charge in [0.25, 0.3) is 0 Å². The molecule has 0 aliphatic heterocycles. The van der Waals surface area contributed by atoms with Crippen molar-refractivity contribution in [1.82, 2.24) is 4.90 Å². The molecule has 2 aromatic rings. The van der Waals surface area contributed by atoms with Crippen molar-refractivity contribution in [1.29, 1.82) is 0 Å². The third-order valence-electron chi connectivity index (χ3n) is 4.98. The maximum absolute atomic E-state index is 12.5. The third kappa shape index (κ3) is 4.18. The summed E-state index contributed by atoms with van der Waals surface area (Å²) < 4.78 is 11.6. The van der Waals surface area contributed by atoms with E-state index in [2.05, 4.69) is 32.6 Å². The summed E-state index contributed by atoms with van der Waals surface area (Å²) in [4.78, 5) is 14.8. The molecule has 0 heterocycles. The molecule has 0 saturated heterocycles. The van der Waals surface area contributed by atoms with E-state index in [1.54, 1.807) is 7.11 Å². The van der Waals surface area contributed by atoms with Gasteiger partial charge >= 0.3 is 5.97 Å². The maximum atomic E-state index is 12.5. The van der Waals surface area contributed by atoms with Crippen LogP contribution in [0.1, 0.15) is 45.2 Å². The summed E-state index contributed by atoms with van der Waals surface area (Å²) >= 11 is 0. The van der Waals surface area contributed by atoms with E-state index in [-0.39, 0.29) is 5.97 Å². The average Bonchev–Trinajstić information content (AvgIpc) is 2.68. The minimum atomic E-state index is -0.177. The summed E-state index contributed by atoms with van der Waals surface area (Å²) in [5.74, 6) is 1.41. The van der Waals surface area contributed by atoms with Gasteiger partial charge in [-0.25, -0.2) is 0 Å². The summed E-state index contributed by atoms with van der Waals surface area (Å²) in [6.45, 7) is 11.0. The molecule has 142 valence electrons. The van der Waals surface area contributed by atoms with Crippen molar-refractivity contribution in [3.63, 3.8) is 0 Å². The van der Waals surface area contributed by atoms with Gasteiger partial charge in [-0.1, -0.05) is 52.0 Å². The fourth-order valence-corrected chi connectivity index (χ4v) is 3.53. The number of carbonyl (C=O) groups is 1. The lowest BCUT2D eigenvalue weighted by atomic mass is 9.94. The van der Waals surface area contributed by atoms with Crippen LogP contribution in [0.2, 0.25) is 0 Å². The second-order valence-corrected chi connectivity index (χ2v) is 6.32. The first-order valence-electron chi connectivity index (χ1n) is 9.64. The number of rotatable bonds is 9. The highest BCUT2D eigenvalue weighted by atomic mass is 16.5. The molecule has 0 bridgehead atoms. The molecule has 4 heteroatoms. The smallest absolute Gasteiger partial charge is 0.312 e. The van der Waals surface area contributed by atoms with Crippen LogP contribution < -0.4 is 9.47 Å². The van der Waals surface area contributed by atoms with Gasteiger partial charge in [0.15, 0.2) is 0 Å². The molecule has 0 unspecified atom stereocenters. The summed E-state index contributed by atoms with van der Waals surface area (Å²) in [6.07, 6.45) is 2.02. The molecule has 0 atom stereocenters. The fourth-order valence-electron chi connectivity index (χ4n) is 3.53. The lowest BCUT2D eigenvalue weighted by molar-refractivity contribution is -0.134. The van der Waals surface area contributed by atoms with Gasteiger partial charge in [-0.05, 0) is 25.9 Å². The van der Waals surface area contributed by atoms with Crippen LogP contribution in [0.4, 0.5) is 0 Å². The summed E-state index contributed by atoms with van der Waals surface area (Å²) in [6, 6.07) is 7.99. The molecule has 0 N–H and O–H groups in total. The molecule has 2 rings (SSSR count). The van der Waals surface area contributed by atoms with Crippen LogP contribution in [0.5, 0.6) is 11.5 Å². The zero-order valence-electron chi connectivity index (χ0n) is 16.7. The van der Waals surface area contributed by atoms with Crippen LogP contribution in [0, 0.1) is 0 Å². The number of methoxy groups -OCH3 is 1. The molecule has 0 aromatic heterocycles. The predicted octanol–water partition coefficient (Wildman–Crippen LogP) is 4.61. The SMILES string of the molecule is CCc1c(CC)c(OC(=O)CCN(CC)CC)c2ccccc2c1OC. The van der Waals surface area contributed by atoms with Crippen LogP contribution in [0.3, 0.4) is 0 Å². The van der Waals surface area contributed by atoms with Crippen LogP contribution >= 0.6 is 0 Å². The van der Waals surface area contributed by atoms with E-state index in [4.69, 9.17) is 9.47 Å². The summed E-state index contributed by atoms with van der Waals surface area (Å²) in [5.41, 5.74) is 2.19. The highest BCUT2D eigenvalue weighted by Gasteiger charge is 2.21. The van der Waals surface area contributed by atoms with Crippen LogP contribution in [0.25, 0.3) is 10.8 Å². The predicted molar refractivity (Wildman–Crippen MR) is 107 cm³/mol. The van der Waals surface area contributed by atoms with E-state index in [9.17, 15) is 4.79 Å². The normalized spacial score (nSPS) is 11.2. The van der Waals surface area contributed by atoms with Crippen LogP contribution in [-0.2, 0) is 17.6 Å². The molecule has 4 nitrogen and oxygen atoms in total. The van der Waals surface area contributed by atoms with Gasteiger partial charge < -0.3 is 14.4 Å². The van der Waals surface area contributed by atoms with Crippen molar-refractivity contribution in [2.45, 2.75) is 47.0 Å². The number of carbonyl (C=O) groups excluding carboxylic acids is 1. The first kappa shape index (κ1) is 20.2. The van der Waals surface area contributed by atoms with Gasteiger partial charge in [0.1, 0.15) is 11.5 Å². The molecule has 2 aromatic carbocycles. The van der Waals surface area contributed by atoms with Crippen LogP contribution in [-0.4, -0.2) is 37.6 Å². The summed E-state index contributed by atoms with van der Waals surface area (Å²) in [7, 11) is 1.70. The Balaban J connectivity index is 2.44. The van der Waals surface area contributed by atoms with Crippen molar-refractivity contribution in [2.24, 2.45) is 0 Å². The Morgan fingerprint density at radius 1 is 0.923 bits per heavy atom. The highest BCUT2D eigenvalue weighted by molar-refractivity contribution is 5.97. The van der Waals surface area contributed by atoms with Gasteiger partial charge in [0, 0.05) is 28.4 Å². The molecule has 0 fully saturated rings. The first-order valence-corrected chi connectivity index (χ1v) is 9.64. The number of benzene rings is 2. The molecular formula is C22H31NO3. The van der Waals surface area contributed by atoms with Gasteiger partial charge in [-0.15, -0.1) is 0 Å². The molecule has 0 amide bonds. The van der Waals surface area contributed by atoms with Crippen molar-refractivity contribution in [3.05, 3.63) is 35.4 Å². The first-order chi connectivity index (χ1) is 12.6. The molecule has 0 aliphatic rings. The second kappa shape index (κ2) is 9.58. The number of esters is 1. The summed E-state index contributed by atoms with van der Waals surface area (Å²) in [5, 5.41) is 1.94. The molecule has 0 radical (unpaired) electrons. The van der Waals surface area contributed by atoms with E-state index in [0.717, 1.165) is 60.1 Å². The molecular weight excluding hydrogens is 326 g/mol. The van der Waals surface area contributed by atoms with Crippen molar-refractivity contribution in [3.8, 4) is 11.5 Å². The van der Waals surface area contributed by atoms with Crippen molar-refractivity contribution in [2.75, 3.05) is 26.7 Å². The van der Waals surface area contributed by atoms with E-state index < -0.39 is 0 Å². The zero-order valence-corrected chi connectivity index (χ0v) is 16.7. The van der Waals surface area contributed by atoms with Crippen molar-refractivity contribution >= 4 is 16.7 Å². The lowest BCUT2D eigenvalue weighted by Gasteiger charge is -2.21. The monoisotopic (exact) mass is 357 g/mol. The van der Waals surface area contributed by atoms with E-state index in [1.165, 1.54) is 0 Å². The lowest BCUT2D eigenvalue weighted by Crippen LogP contribution is -2.27. The topological polar surface area (TPSA) is 38.8 Å². The van der Waals surface area contributed by atoms with Crippen LogP contribution in [0.15, 0.2) is 24.3 Å². The Morgan fingerprint density at radius 2 is 1.46 bits per heavy atom. The minimum Gasteiger partial charge on any atom is -0.496 e. The van der Waals surface area contributed by atoms with E-state index in [0.29, 0.717) is 12.2 Å². The Kier molecular flexibility index (Phi) is 7.46. The van der Waals surface area contributed by atoms with E-state index >= 15 is 0 Å². The third-order valence-corrected chi connectivity index (χ3v) is 4.98. The Labute approximate surface area is 157 Å². The number of nitrogens with zero attached hydrogens (tertiary/aromatic N) is 1. The van der Waals surface area contributed by atoms with Crippen molar-refractivity contribution < 1.29 is 14.3 Å². The standard InChI is InChI=1S/C22H31NO3/c1-6-16-17(7-2)22(26-20(24)14-15-23(8-3)9-4)19-13-11-10-12-18(19)21(16)25-5/h10-13H,6-9,14-15H2,1-5H3. The maximum Gasteiger partial charge on any atom is 0.312 e. The van der Waals surface area contributed by atoms with Gasteiger partial charge in [-0.3, -0.25) is 4.79 Å². The highest BCUT2D eigenvalue weighted by Crippen LogP contribution is 2.41. The number of hydrogen-bond donors (Lipinski definition) is 0. The van der Waals surface area contributed by atoms with Gasteiger partial charge in [0.2, 0.25) is 0 Å².